The molecule has 0 saturated heterocycles. The van der Waals surface area contributed by atoms with Crippen LogP contribution in [0, 0.1) is 5.92 Å². The van der Waals surface area contributed by atoms with E-state index in [1.165, 1.54) is 0 Å². The second-order valence-corrected chi connectivity index (χ2v) is 5.10. The summed E-state index contributed by atoms with van der Waals surface area (Å²) >= 11 is 0. The van der Waals surface area contributed by atoms with Gasteiger partial charge in [0.15, 0.2) is 0 Å². The van der Waals surface area contributed by atoms with E-state index >= 15 is 0 Å². The highest BCUT2D eigenvalue weighted by Crippen LogP contribution is 2.18. The van der Waals surface area contributed by atoms with Crippen molar-refractivity contribution in [3.8, 4) is 5.75 Å². The molecule has 0 aliphatic carbocycles. The van der Waals surface area contributed by atoms with Gasteiger partial charge in [0.05, 0.1) is 12.6 Å². The van der Waals surface area contributed by atoms with Crippen LogP contribution in [-0.2, 0) is 4.79 Å². The third-order valence-corrected chi connectivity index (χ3v) is 2.64. The minimum absolute atomic E-state index is 0.152. The average Bonchev–Trinajstić information content (AvgIpc) is 2.36. The molecule has 1 aromatic rings. The Kier molecular flexibility index (Phi) is 6.36. The van der Waals surface area contributed by atoms with Crippen LogP contribution in [0.2, 0.25) is 0 Å². The molecule has 0 aromatic heterocycles. The van der Waals surface area contributed by atoms with Gasteiger partial charge in [-0.15, -0.1) is 0 Å². The van der Waals surface area contributed by atoms with Crippen molar-refractivity contribution >= 4 is 11.6 Å². The summed E-state index contributed by atoms with van der Waals surface area (Å²) in [5, 5.41) is 2.82. The van der Waals surface area contributed by atoms with Crippen LogP contribution < -0.4 is 15.8 Å². The maximum Gasteiger partial charge on any atom is 0.241 e. The van der Waals surface area contributed by atoms with Crippen LogP contribution in [0.3, 0.4) is 0 Å². The molecular formula is C15H24N2O2. The van der Waals surface area contributed by atoms with Crippen molar-refractivity contribution in [2.24, 2.45) is 11.7 Å². The monoisotopic (exact) mass is 264 g/mol. The van der Waals surface area contributed by atoms with Gasteiger partial charge < -0.3 is 15.8 Å². The van der Waals surface area contributed by atoms with Crippen molar-refractivity contribution in [1.82, 2.24) is 0 Å². The Morgan fingerprint density at radius 3 is 2.79 bits per heavy atom. The van der Waals surface area contributed by atoms with Gasteiger partial charge in [0.2, 0.25) is 5.91 Å². The lowest BCUT2D eigenvalue weighted by atomic mass is 10.0. The lowest BCUT2D eigenvalue weighted by molar-refractivity contribution is -0.117. The van der Waals surface area contributed by atoms with E-state index in [0.717, 1.165) is 17.9 Å². The molecule has 0 fully saturated rings. The van der Waals surface area contributed by atoms with Crippen molar-refractivity contribution in [3.05, 3.63) is 24.3 Å². The van der Waals surface area contributed by atoms with Gasteiger partial charge in [0.1, 0.15) is 5.75 Å². The molecule has 19 heavy (non-hydrogen) atoms. The van der Waals surface area contributed by atoms with Gasteiger partial charge in [0.25, 0.3) is 0 Å². The molecule has 0 aliphatic rings. The lowest BCUT2D eigenvalue weighted by Gasteiger charge is -2.14. The molecule has 0 saturated carbocycles. The van der Waals surface area contributed by atoms with E-state index in [2.05, 4.69) is 12.2 Å². The van der Waals surface area contributed by atoms with Crippen LogP contribution in [0.4, 0.5) is 5.69 Å². The predicted molar refractivity (Wildman–Crippen MR) is 78.3 cm³/mol. The number of benzene rings is 1. The topological polar surface area (TPSA) is 64.3 Å². The third-order valence-electron chi connectivity index (χ3n) is 2.64. The van der Waals surface area contributed by atoms with Gasteiger partial charge in [-0.05, 0) is 30.9 Å². The molecule has 0 heterocycles. The van der Waals surface area contributed by atoms with Crippen LogP contribution in [0.1, 0.15) is 33.6 Å². The lowest BCUT2D eigenvalue weighted by Crippen LogP contribution is -2.36. The number of anilines is 1. The normalized spacial score (nSPS) is 12.3. The minimum Gasteiger partial charge on any atom is -0.494 e. The number of amides is 1. The average molecular weight is 264 g/mol. The third kappa shape index (κ3) is 5.75. The SMILES string of the molecule is CCCOc1cccc(NC(=O)[C@@H](N)CC(C)C)c1. The molecule has 106 valence electrons. The van der Waals surface area contributed by atoms with E-state index in [1.54, 1.807) is 0 Å². The number of carbonyl (C=O) groups excluding carboxylic acids is 1. The molecular weight excluding hydrogens is 240 g/mol. The standard InChI is InChI=1S/C15H24N2O2/c1-4-8-19-13-7-5-6-12(10-13)17-15(18)14(16)9-11(2)3/h5-7,10-11,14H,4,8-9,16H2,1-3H3,(H,17,18)/t14-/m0/s1. The number of carbonyl (C=O) groups is 1. The summed E-state index contributed by atoms with van der Waals surface area (Å²) < 4.78 is 5.52. The second kappa shape index (κ2) is 7.79. The number of hydrogen-bond acceptors (Lipinski definition) is 3. The first-order valence-electron chi connectivity index (χ1n) is 6.82. The van der Waals surface area contributed by atoms with Crippen LogP contribution in [0.15, 0.2) is 24.3 Å². The fourth-order valence-electron chi connectivity index (χ4n) is 1.73. The minimum atomic E-state index is -0.472. The summed E-state index contributed by atoms with van der Waals surface area (Å²) in [4.78, 5) is 11.9. The summed E-state index contributed by atoms with van der Waals surface area (Å²) in [6.45, 7) is 6.82. The molecule has 0 aliphatic heterocycles. The van der Waals surface area contributed by atoms with Crippen molar-refractivity contribution in [1.29, 1.82) is 0 Å². The van der Waals surface area contributed by atoms with Gasteiger partial charge in [-0.2, -0.15) is 0 Å². The van der Waals surface area contributed by atoms with E-state index in [0.29, 0.717) is 18.9 Å². The molecule has 3 N–H and O–H groups in total. The highest BCUT2D eigenvalue weighted by atomic mass is 16.5. The summed E-state index contributed by atoms with van der Waals surface area (Å²) in [7, 11) is 0. The summed E-state index contributed by atoms with van der Waals surface area (Å²) in [6.07, 6.45) is 1.63. The summed E-state index contributed by atoms with van der Waals surface area (Å²) in [5.74, 6) is 1.01. The Morgan fingerprint density at radius 1 is 1.42 bits per heavy atom. The fraction of sp³-hybridized carbons (Fsp3) is 0.533. The van der Waals surface area contributed by atoms with Gasteiger partial charge in [-0.3, -0.25) is 4.79 Å². The molecule has 0 radical (unpaired) electrons. The number of rotatable bonds is 7. The zero-order chi connectivity index (χ0) is 14.3. The van der Waals surface area contributed by atoms with Crippen LogP contribution >= 0.6 is 0 Å². The van der Waals surface area contributed by atoms with E-state index in [9.17, 15) is 4.79 Å². The van der Waals surface area contributed by atoms with Crippen molar-refractivity contribution in [2.45, 2.75) is 39.7 Å². The molecule has 0 unspecified atom stereocenters. The van der Waals surface area contributed by atoms with Crippen LogP contribution in [0.25, 0.3) is 0 Å². The maximum absolute atomic E-state index is 11.9. The van der Waals surface area contributed by atoms with Gasteiger partial charge in [0, 0.05) is 11.8 Å². The molecule has 1 atom stereocenters. The molecule has 4 nitrogen and oxygen atoms in total. The Hall–Kier alpha value is -1.55. The fourth-order valence-corrected chi connectivity index (χ4v) is 1.73. The first-order valence-corrected chi connectivity index (χ1v) is 6.82. The highest BCUT2D eigenvalue weighted by molar-refractivity contribution is 5.94. The van der Waals surface area contributed by atoms with E-state index in [-0.39, 0.29) is 5.91 Å². The molecule has 1 aromatic carbocycles. The largest absolute Gasteiger partial charge is 0.494 e. The molecule has 0 spiro atoms. The zero-order valence-corrected chi connectivity index (χ0v) is 12.0. The Morgan fingerprint density at radius 2 is 2.16 bits per heavy atom. The molecule has 1 rings (SSSR count). The number of nitrogens with one attached hydrogen (secondary N) is 1. The van der Waals surface area contributed by atoms with Crippen LogP contribution in [0.5, 0.6) is 5.75 Å². The van der Waals surface area contributed by atoms with Gasteiger partial charge in [-0.25, -0.2) is 0 Å². The molecule has 0 bridgehead atoms. The van der Waals surface area contributed by atoms with Crippen LogP contribution in [-0.4, -0.2) is 18.6 Å². The van der Waals surface area contributed by atoms with E-state index in [1.807, 2.05) is 38.1 Å². The number of ether oxygens (including phenoxy) is 1. The van der Waals surface area contributed by atoms with Crippen molar-refractivity contribution in [2.75, 3.05) is 11.9 Å². The van der Waals surface area contributed by atoms with Gasteiger partial charge in [-0.1, -0.05) is 26.8 Å². The van der Waals surface area contributed by atoms with E-state index < -0.39 is 6.04 Å². The quantitative estimate of drug-likeness (QED) is 0.796. The summed E-state index contributed by atoms with van der Waals surface area (Å²) in [6, 6.07) is 6.91. The molecule has 4 heteroatoms. The number of nitrogens with two attached hydrogens (primary N) is 1. The summed E-state index contributed by atoms with van der Waals surface area (Å²) in [5.41, 5.74) is 6.56. The maximum atomic E-state index is 11.9. The van der Waals surface area contributed by atoms with Crippen molar-refractivity contribution < 1.29 is 9.53 Å². The number of hydrogen-bond donors (Lipinski definition) is 2. The predicted octanol–water partition coefficient (Wildman–Crippen LogP) is 2.79. The first kappa shape index (κ1) is 15.5. The zero-order valence-electron chi connectivity index (χ0n) is 12.0. The van der Waals surface area contributed by atoms with Crippen molar-refractivity contribution in [3.63, 3.8) is 0 Å². The Labute approximate surface area is 115 Å². The molecule has 1 amide bonds. The van der Waals surface area contributed by atoms with E-state index in [4.69, 9.17) is 10.5 Å². The smallest absolute Gasteiger partial charge is 0.241 e. The second-order valence-electron chi connectivity index (χ2n) is 5.10. The van der Waals surface area contributed by atoms with Gasteiger partial charge >= 0.3 is 0 Å². The first-order chi connectivity index (χ1) is 9.02. The highest BCUT2D eigenvalue weighted by Gasteiger charge is 2.15. The Balaban J connectivity index is 2.58. The Bertz CT molecular complexity index is 405.